The largest absolute Gasteiger partial charge is 0.357 e. The van der Waals surface area contributed by atoms with Crippen LogP contribution in [0.2, 0.25) is 0 Å². The first-order valence-corrected chi connectivity index (χ1v) is 7.36. The number of hydrogen-bond donors (Lipinski definition) is 2. The number of halogens is 1. The lowest BCUT2D eigenvalue weighted by atomic mass is 10.1. The Kier molecular flexibility index (Phi) is 7.34. The van der Waals surface area contributed by atoms with E-state index in [1.165, 1.54) is 17.5 Å². The Morgan fingerprint density at radius 3 is 2.45 bits per heavy atom. The zero-order valence-corrected chi connectivity index (χ0v) is 15.0. The number of nitrogens with one attached hydrogen (secondary N) is 2. The second-order valence-corrected chi connectivity index (χ2v) is 5.28. The maximum atomic E-state index is 4.70. The zero-order chi connectivity index (χ0) is 13.7. The highest BCUT2D eigenvalue weighted by Gasteiger charge is 2.33. The van der Waals surface area contributed by atoms with Crippen molar-refractivity contribution in [2.45, 2.75) is 46.2 Å². The molecule has 0 spiro atoms. The zero-order valence-electron chi connectivity index (χ0n) is 12.6. The van der Waals surface area contributed by atoms with E-state index in [2.05, 4.69) is 55.7 Å². The van der Waals surface area contributed by atoms with Gasteiger partial charge in [-0.2, -0.15) is 0 Å². The molecule has 2 N–H and O–H groups in total. The Labute approximate surface area is 139 Å². The summed E-state index contributed by atoms with van der Waals surface area (Å²) >= 11 is 0. The normalized spacial score (nSPS) is 21.1. The Bertz CT molecular complexity index is 445. The van der Waals surface area contributed by atoms with Crippen molar-refractivity contribution in [3.63, 3.8) is 0 Å². The van der Waals surface area contributed by atoms with Gasteiger partial charge in [-0.05, 0) is 36.8 Å². The van der Waals surface area contributed by atoms with Crippen molar-refractivity contribution in [2.24, 2.45) is 10.9 Å². The monoisotopic (exact) mass is 387 g/mol. The number of rotatable bonds is 5. The molecule has 20 heavy (non-hydrogen) atoms. The van der Waals surface area contributed by atoms with E-state index in [1.54, 1.807) is 0 Å². The predicted octanol–water partition coefficient (Wildman–Crippen LogP) is 3.33. The smallest absolute Gasteiger partial charge is 0.191 e. The Morgan fingerprint density at radius 2 is 1.90 bits per heavy atom. The number of hydrogen-bond acceptors (Lipinski definition) is 1. The van der Waals surface area contributed by atoms with Gasteiger partial charge in [-0.1, -0.05) is 38.1 Å². The molecule has 1 aliphatic rings. The molecule has 1 aromatic carbocycles. The van der Waals surface area contributed by atoms with Gasteiger partial charge in [0.25, 0.3) is 0 Å². The first kappa shape index (κ1) is 17.3. The molecule has 3 nitrogen and oxygen atoms in total. The first-order chi connectivity index (χ1) is 9.24. The van der Waals surface area contributed by atoms with Crippen molar-refractivity contribution < 1.29 is 0 Å². The van der Waals surface area contributed by atoms with Crippen LogP contribution in [0, 0.1) is 5.92 Å². The third-order valence-electron chi connectivity index (χ3n) is 3.68. The fourth-order valence-electron chi connectivity index (χ4n) is 2.24. The van der Waals surface area contributed by atoms with Gasteiger partial charge in [-0.3, -0.25) is 0 Å². The minimum Gasteiger partial charge on any atom is -0.357 e. The highest BCUT2D eigenvalue weighted by molar-refractivity contribution is 14.0. The number of nitrogens with zero attached hydrogens (tertiary/aromatic N) is 1. The molecule has 0 amide bonds. The van der Waals surface area contributed by atoms with Crippen LogP contribution in [0.15, 0.2) is 29.3 Å². The van der Waals surface area contributed by atoms with Crippen LogP contribution in [0.1, 0.15) is 38.3 Å². The minimum absolute atomic E-state index is 0. The summed E-state index contributed by atoms with van der Waals surface area (Å²) in [6, 6.07) is 9.16. The second kappa shape index (κ2) is 8.49. The first-order valence-electron chi connectivity index (χ1n) is 7.36. The molecule has 0 aliphatic heterocycles. The average molecular weight is 387 g/mol. The Morgan fingerprint density at radius 1 is 1.25 bits per heavy atom. The van der Waals surface area contributed by atoms with E-state index in [9.17, 15) is 0 Å². The van der Waals surface area contributed by atoms with E-state index in [-0.39, 0.29) is 24.0 Å². The van der Waals surface area contributed by atoms with Gasteiger partial charge < -0.3 is 10.6 Å². The molecule has 2 unspecified atom stereocenters. The minimum atomic E-state index is 0. The molecule has 0 aromatic heterocycles. The third-order valence-corrected chi connectivity index (χ3v) is 3.68. The fraction of sp³-hybridized carbons (Fsp3) is 0.562. The van der Waals surface area contributed by atoms with E-state index in [0.29, 0.717) is 6.04 Å². The van der Waals surface area contributed by atoms with Gasteiger partial charge in [0, 0.05) is 12.6 Å². The van der Waals surface area contributed by atoms with Gasteiger partial charge in [-0.25, -0.2) is 4.99 Å². The van der Waals surface area contributed by atoms with Crippen LogP contribution in [0.3, 0.4) is 0 Å². The van der Waals surface area contributed by atoms with Gasteiger partial charge in [0.1, 0.15) is 0 Å². The SMILES string of the molecule is CCNC(=NCc1ccccc1CC)NC1CC1C.I. The molecule has 112 valence electrons. The molecule has 0 radical (unpaired) electrons. The fourth-order valence-corrected chi connectivity index (χ4v) is 2.24. The Hall–Kier alpha value is -0.780. The van der Waals surface area contributed by atoms with Crippen molar-refractivity contribution in [2.75, 3.05) is 6.54 Å². The standard InChI is InChI=1S/C16H25N3.HI/c1-4-13-8-6-7-9-14(13)11-18-16(17-5-2)19-15-10-12(15)3;/h6-9,12,15H,4-5,10-11H2,1-3H3,(H2,17,18,19);1H. The highest BCUT2D eigenvalue weighted by Crippen LogP contribution is 2.28. The van der Waals surface area contributed by atoms with Gasteiger partial charge in [0.05, 0.1) is 6.54 Å². The summed E-state index contributed by atoms with van der Waals surface area (Å²) in [6.07, 6.45) is 2.32. The molecule has 4 heteroatoms. The van der Waals surface area contributed by atoms with Crippen LogP contribution >= 0.6 is 24.0 Å². The van der Waals surface area contributed by atoms with Crippen molar-refractivity contribution in [3.8, 4) is 0 Å². The molecule has 1 aliphatic carbocycles. The van der Waals surface area contributed by atoms with Crippen LogP contribution in [0.25, 0.3) is 0 Å². The maximum Gasteiger partial charge on any atom is 0.191 e. The van der Waals surface area contributed by atoms with Gasteiger partial charge >= 0.3 is 0 Å². The van der Waals surface area contributed by atoms with E-state index in [1.807, 2.05) is 0 Å². The van der Waals surface area contributed by atoms with E-state index in [0.717, 1.165) is 31.4 Å². The number of guanidine groups is 1. The topological polar surface area (TPSA) is 36.4 Å². The van der Waals surface area contributed by atoms with Crippen LogP contribution in [0.5, 0.6) is 0 Å². The second-order valence-electron chi connectivity index (χ2n) is 5.28. The van der Waals surface area contributed by atoms with Crippen LogP contribution in [0.4, 0.5) is 0 Å². The predicted molar refractivity (Wildman–Crippen MR) is 96.8 cm³/mol. The molecule has 2 rings (SSSR count). The molecule has 0 bridgehead atoms. The molecule has 1 saturated carbocycles. The van der Waals surface area contributed by atoms with E-state index < -0.39 is 0 Å². The molecular weight excluding hydrogens is 361 g/mol. The maximum absolute atomic E-state index is 4.70. The molecule has 0 heterocycles. The van der Waals surface area contributed by atoms with Crippen LogP contribution < -0.4 is 10.6 Å². The lowest BCUT2D eigenvalue weighted by Crippen LogP contribution is -2.39. The summed E-state index contributed by atoms with van der Waals surface area (Å²) in [6.45, 7) is 8.22. The summed E-state index contributed by atoms with van der Waals surface area (Å²) in [5.41, 5.74) is 2.72. The molecule has 1 fully saturated rings. The lowest BCUT2D eigenvalue weighted by molar-refractivity contribution is 0.766. The van der Waals surface area contributed by atoms with Crippen molar-refractivity contribution >= 4 is 29.9 Å². The van der Waals surface area contributed by atoms with E-state index in [4.69, 9.17) is 4.99 Å². The Balaban J connectivity index is 0.00000200. The highest BCUT2D eigenvalue weighted by atomic mass is 127. The molecule has 0 saturated heterocycles. The quantitative estimate of drug-likeness (QED) is 0.462. The number of aliphatic imine (C=N–C) groups is 1. The molecule has 2 atom stereocenters. The third kappa shape index (κ3) is 4.96. The van der Waals surface area contributed by atoms with Crippen molar-refractivity contribution in [1.29, 1.82) is 0 Å². The van der Waals surface area contributed by atoms with Gasteiger partial charge in [-0.15, -0.1) is 24.0 Å². The summed E-state index contributed by atoms with van der Waals surface area (Å²) in [5, 5.41) is 6.81. The average Bonchev–Trinajstić information content (AvgIpc) is 3.12. The summed E-state index contributed by atoms with van der Waals surface area (Å²) in [4.78, 5) is 4.70. The van der Waals surface area contributed by atoms with Gasteiger partial charge in [0.15, 0.2) is 5.96 Å². The van der Waals surface area contributed by atoms with Crippen LogP contribution in [-0.4, -0.2) is 18.5 Å². The van der Waals surface area contributed by atoms with Crippen LogP contribution in [-0.2, 0) is 13.0 Å². The molecular formula is C16H26IN3. The van der Waals surface area contributed by atoms with Gasteiger partial charge in [0.2, 0.25) is 0 Å². The summed E-state index contributed by atoms with van der Waals surface area (Å²) in [5.74, 6) is 1.73. The summed E-state index contributed by atoms with van der Waals surface area (Å²) < 4.78 is 0. The number of benzene rings is 1. The van der Waals surface area contributed by atoms with Crippen molar-refractivity contribution in [3.05, 3.63) is 35.4 Å². The lowest BCUT2D eigenvalue weighted by Gasteiger charge is -2.11. The number of aryl methyl sites for hydroxylation is 1. The summed E-state index contributed by atoms with van der Waals surface area (Å²) in [7, 11) is 0. The van der Waals surface area contributed by atoms with Crippen molar-refractivity contribution in [1.82, 2.24) is 10.6 Å². The molecule has 1 aromatic rings. The van der Waals surface area contributed by atoms with E-state index >= 15 is 0 Å².